The Labute approximate surface area is 73.6 Å². The summed E-state index contributed by atoms with van der Waals surface area (Å²) in [7, 11) is 0. The van der Waals surface area contributed by atoms with E-state index in [1.807, 2.05) is 0 Å². The van der Waals surface area contributed by atoms with Gasteiger partial charge in [0.15, 0.2) is 0 Å². The number of hydrogen-bond donors (Lipinski definition) is 1. The molecule has 0 atom stereocenters. The fraction of sp³-hybridized carbons (Fsp3) is 0.455. The summed E-state index contributed by atoms with van der Waals surface area (Å²) >= 11 is 0. The van der Waals surface area contributed by atoms with E-state index in [1.54, 1.807) is 0 Å². The van der Waals surface area contributed by atoms with Gasteiger partial charge in [0.25, 0.3) is 0 Å². The molecule has 1 nitrogen and oxygen atoms in total. The summed E-state index contributed by atoms with van der Waals surface area (Å²) in [4.78, 5) is 0. The molecule has 2 N–H and O–H groups in total. The summed E-state index contributed by atoms with van der Waals surface area (Å²) in [6.45, 7) is 2.85. The number of benzene rings is 1. The first kappa shape index (κ1) is 7.81. The smallest absolute Gasteiger partial charge is 0.0178 e. The molecule has 64 valence electrons. The highest BCUT2D eigenvalue weighted by Crippen LogP contribution is 2.41. The molecule has 1 saturated carbocycles. The summed E-state index contributed by atoms with van der Waals surface area (Å²) in [6.07, 6.45) is 2.76. The van der Waals surface area contributed by atoms with Crippen molar-refractivity contribution in [1.82, 2.24) is 0 Å². The zero-order valence-corrected chi connectivity index (χ0v) is 7.51. The van der Waals surface area contributed by atoms with E-state index in [2.05, 4.69) is 25.1 Å². The lowest BCUT2D eigenvalue weighted by molar-refractivity contribution is 1.04. The maximum absolute atomic E-state index is 5.56. The Morgan fingerprint density at radius 2 is 2.17 bits per heavy atom. The number of nitrogens with two attached hydrogens (primary N) is 1. The highest BCUT2D eigenvalue weighted by Gasteiger charge is 2.24. The third-order valence-electron chi connectivity index (χ3n) is 2.59. The van der Waals surface area contributed by atoms with Crippen molar-refractivity contribution in [2.75, 3.05) is 0 Å². The van der Waals surface area contributed by atoms with Crippen molar-refractivity contribution in [2.45, 2.75) is 32.2 Å². The second-order valence-electron chi connectivity index (χ2n) is 3.67. The second-order valence-corrected chi connectivity index (χ2v) is 3.67. The molecule has 0 amide bonds. The van der Waals surface area contributed by atoms with Crippen LogP contribution in [-0.2, 0) is 6.54 Å². The van der Waals surface area contributed by atoms with Gasteiger partial charge in [-0.15, -0.1) is 0 Å². The van der Waals surface area contributed by atoms with Crippen LogP contribution in [0.15, 0.2) is 18.2 Å². The molecule has 1 heteroatoms. The van der Waals surface area contributed by atoms with Crippen LogP contribution in [-0.4, -0.2) is 0 Å². The molecule has 0 aromatic heterocycles. The van der Waals surface area contributed by atoms with Crippen molar-refractivity contribution in [3.8, 4) is 0 Å². The van der Waals surface area contributed by atoms with Gasteiger partial charge in [0.2, 0.25) is 0 Å². The molecule has 0 spiro atoms. The molecule has 2 rings (SSSR count). The van der Waals surface area contributed by atoms with Crippen molar-refractivity contribution in [2.24, 2.45) is 5.73 Å². The van der Waals surface area contributed by atoms with Crippen molar-refractivity contribution < 1.29 is 0 Å². The van der Waals surface area contributed by atoms with Crippen LogP contribution in [0.1, 0.15) is 35.4 Å². The lowest BCUT2D eigenvalue weighted by Crippen LogP contribution is -1.97. The van der Waals surface area contributed by atoms with Gasteiger partial charge in [-0.1, -0.05) is 18.2 Å². The first-order valence-electron chi connectivity index (χ1n) is 4.61. The van der Waals surface area contributed by atoms with E-state index in [4.69, 9.17) is 5.73 Å². The maximum atomic E-state index is 5.56. The summed E-state index contributed by atoms with van der Waals surface area (Å²) < 4.78 is 0. The Morgan fingerprint density at radius 1 is 1.42 bits per heavy atom. The normalized spacial score (nSPS) is 16.5. The average molecular weight is 161 g/mol. The summed E-state index contributed by atoms with van der Waals surface area (Å²) in [5, 5.41) is 0. The van der Waals surface area contributed by atoms with Crippen molar-refractivity contribution in [3.05, 3.63) is 34.9 Å². The number of aryl methyl sites for hydroxylation is 1. The van der Waals surface area contributed by atoms with E-state index in [-0.39, 0.29) is 0 Å². The minimum Gasteiger partial charge on any atom is -0.326 e. The summed E-state index contributed by atoms with van der Waals surface area (Å²) in [5.41, 5.74) is 9.76. The van der Waals surface area contributed by atoms with Crippen molar-refractivity contribution >= 4 is 0 Å². The molecular weight excluding hydrogens is 146 g/mol. The molecule has 12 heavy (non-hydrogen) atoms. The molecule has 1 aromatic rings. The lowest BCUT2D eigenvalue weighted by Gasteiger charge is -2.05. The molecule has 1 aliphatic rings. The lowest BCUT2D eigenvalue weighted by atomic mass is 10.0. The molecular formula is C11H15N. The fourth-order valence-electron chi connectivity index (χ4n) is 1.72. The van der Waals surface area contributed by atoms with Gasteiger partial charge in [0.1, 0.15) is 0 Å². The first-order chi connectivity index (χ1) is 5.81. The van der Waals surface area contributed by atoms with E-state index in [0.29, 0.717) is 6.54 Å². The van der Waals surface area contributed by atoms with Crippen molar-refractivity contribution in [1.29, 1.82) is 0 Å². The summed E-state index contributed by atoms with van der Waals surface area (Å²) in [5.74, 6) is 0.858. The van der Waals surface area contributed by atoms with Crippen LogP contribution in [0.2, 0.25) is 0 Å². The quantitative estimate of drug-likeness (QED) is 0.707. The third kappa shape index (κ3) is 1.37. The largest absolute Gasteiger partial charge is 0.326 e. The van der Waals surface area contributed by atoms with Gasteiger partial charge in [-0.25, -0.2) is 0 Å². The fourth-order valence-corrected chi connectivity index (χ4v) is 1.72. The molecule has 0 aliphatic heterocycles. The minimum atomic E-state index is 0.659. The van der Waals surface area contributed by atoms with E-state index in [1.165, 1.54) is 29.5 Å². The predicted molar refractivity (Wildman–Crippen MR) is 51.0 cm³/mol. The monoisotopic (exact) mass is 161 g/mol. The Bertz CT molecular complexity index is 287. The minimum absolute atomic E-state index is 0.659. The van der Waals surface area contributed by atoms with Crippen LogP contribution >= 0.6 is 0 Å². The molecule has 0 unspecified atom stereocenters. The topological polar surface area (TPSA) is 26.0 Å². The Balaban J connectivity index is 2.32. The van der Waals surface area contributed by atoms with Crippen LogP contribution in [0.4, 0.5) is 0 Å². The highest BCUT2D eigenvalue weighted by molar-refractivity contribution is 5.35. The molecule has 0 saturated heterocycles. The SMILES string of the molecule is Cc1cc(CN)ccc1C1CC1. The highest BCUT2D eigenvalue weighted by atomic mass is 14.5. The Kier molecular flexibility index (Phi) is 1.89. The van der Waals surface area contributed by atoms with Gasteiger partial charge in [0, 0.05) is 6.54 Å². The zero-order chi connectivity index (χ0) is 8.55. The van der Waals surface area contributed by atoms with Gasteiger partial charge in [-0.3, -0.25) is 0 Å². The molecule has 1 fully saturated rings. The molecule has 1 aromatic carbocycles. The van der Waals surface area contributed by atoms with Gasteiger partial charge in [-0.05, 0) is 42.4 Å². The molecule has 0 heterocycles. The van der Waals surface area contributed by atoms with Crippen LogP contribution in [0, 0.1) is 6.92 Å². The number of rotatable bonds is 2. The molecule has 0 radical (unpaired) electrons. The van der Waals surface area contributed by atoms with Crippen LogP contribution in [0.3, 0.4) is 0 Å². The van der Waals surface area contributed by atoms with Gasteiger partial charge >= 0.3 is 0 Å². The van der Waals surface area contributed by atoms with Crippen LogP contribution < -0.4 is 5.73 Å². The predicted octanol–water partition coefficient (Wildman–Crippen LogP) is 2.33. The third-order valence-corrected chi connectivity index (χ3v) is 2.59. The first-order valence-corrected chi connectivity index (χ1v) is 4.61. The van der Waals surface area contributed by atoms with Crippen LogP contribution in [0.25, 0.3) is 0 Å². The van der Waals surface area contributed by atoms with Gasteiger partial charge in [0.05, 0.1) is 0 Å². The van der Waals surface area contributed by atoms with Crippen molar-refractivity contribution in [3.63, 3.8) is 0 Å². The Morgan fingerprint density at radius 3 is 2.67 bits per heavy atom. The van der Waals surface area contributed by atoms with E-state index in [9.17, 15) is 0 Å². The van der Waals surface area contributed by atoms with Gasteiger partial charge in [-0.2, -0.15) is 0 Å². The zero-order valence-electron chi connectivity index (χ0n) is 7.51. The maximum Gasteiger partial charge on any atom is 0.0178 e. The van der Waals surface area contributed by atoms with E-state index >= 15 is 0 Å². The average Bonchev–Trinajstić information content (AvgIpc) is 2.87. The second kappa shape index (κ2) is 2.91. The molecule has 0 bridgehead atoms. The van der Waals surface area contributed by atoms with Gasteiger partial charge < -0.3 is 5.73 Å². The van der Waals surface area contributed by atoms with Crippen LogP contribution in [0.5, 0.6) is 0 Å². The summed E-state index contributed by atoms with van der Waals surface area (Å²) in [6, 6.07) is 6.61. The standard InChI is InChI=1S/C11H15N/c1-8-6-9(7-12)2-5-11(8)10-3-4-10/h2,5-6,10H,3-4,7,12H2,1H3. The van der Waals surface area contributed by atoms with E-state index < -0.39 is 0 Å². The Hall–Kier alpha value is -0.820. The number of hydrogen-bond acceptors (Lipinski definition) is 1. The molecule has 1 aliphatic carbocycles. The van der Waals surface area contributed by atoms with E-state index in [0.717, 1.165) is 5.92 Å².